The van der Waals surface area contributed by atoms with E-state index in [2.05, 4.69) is 111 Å². The van der Waals surface area contributed by atoms with E-state index in [-0.39, 0.29) is 13.0 Å². The smallest absolute Gasteiger partial charge is 0.457 e. The van der Waals surface area contributed by atoms with Crippen molar-refractivity contribution in [1.82, 2.24) is 0 Å². The molecule has 1 aliphatic rings. The maximum atomic E-state index is 12.8. The second kappa shape index (κ2) is 36.9. The molecule has 60 heavy (non-hydrogen) atoms. The first-order valence-electron chi connectivity index (χ1n) is 22.1. The van der Waals surface area contributed by atoms with E-state index in [1.54, 1.807) is 0 Å². The molecule has 1 rings (SSSR count). The van der Waals surface area contributed by atoms with Gasteiger partial charge in [0.15, 0.2) is 0 Å². The first-order chi connectivity index (χ1) is 29.0. The third-order valence-electron chi connectivity index (χ3n) is 9.45. The molecule has 0 aromatic rings. The Labute approximate surface area is 360 Å². The van der Waals surface area contributed by atoms with Crippen LogP contribution in [0.1, 0.15) is 129 Å². The van der Waals surface area contributed by atoms with E-state index in [0.29, 0.717) is 13.0 Å². The summed E-state index contributed by atoms with van der Waals surface area (Å²) in [5.74, 6) is -0.517. The molecular weight excluding hydrogens is 787 g/mol. The maximum absolute atomic E-state index is 12.8. The number of esters is 1. The molecule has 0 saturated heterocycles. The first-order valence-corrected chi connectivity index (χ1v) is 23.6. The molecule has 0 heterocycles. The van der Waals surface area contributed by atoms with Crippen LogP contribution >= 0.6 is 7.82 Å². The number of ether oxygens (including phenoxy) is 2. The van der Waals surface area contributed by atoms with E-state index in [1.807, 2.05) is 0 Å². The minimum atomic E-state index is -5.04. The fourth-order valence-corrected chi connectivity index (χ4v) is 6.95. The van der Waals surface area contributed by atoms with Gasteiger partial charge in [0.1, 0.15) is 42.7 Å². The molecule has 1 saturated carbocycles. The lowest BCUT2D eigenvalue weighted by Crippen LogP contribution is -2.64. The Morgan fingerprint density at radius 1 is 0.533 bits per heavy atom. The zero-order chi connectivity index (χ0) is 44.1. The van der Waals surface area contributed by atoms with Crippen LogP contribution in [0.15, 0.2) is 97.2 Å². The number of carbonyl (C=O) groups excluding carboxylic acids is 1. The number of phosphoric acid groups is 1. The van der Waals surface area contributed by atoms with Crippen molar-refractivity contribution < 1.29 is 58.3 Å². The largest absolute Gasteiger partial charge is 0.472 e. The Morgan fingerprint density at radius 2 is 0.933 bits per heavy atom. The highest BCUT2D eigenvalue weighted by Crippen LogP contribution is 2.47. The Bertz CT molecular complexity index is 1350. The van der Waals surface area contributed by atoms with Crippen LogP contribution in [-0.2, 0) is 27.9 Å². The van der Waals surface area contributed by atoms with E-state index in [1.165, 1.54) is 0 Å². The maximum Gasteiger partial charge on any atom is 0.472 e. The average Bonchev–Trinajstić information content (AvgIpc) is 3.23. The van der Waals surface area contributed by atoms with E-state index in [9.17, 15) is 39.8 Å². The highest BCUT2D eigenvalue weighted by molar-refractivity contribution is 7.47. The van der Waals surface area contributed by atoms with Gasteiger partial charge in [0.25, 0.3) is 0 Å². The van der Waals surface area contributed by atoms with Gasteiger partial charge in [-0.15, -0.1) is 0 Å². The quantitative estimate of drug-likeness (QED) is 0.0154. The monoisotopic (exact) mass is 865 g/mol. The summed E-state index contributed by atoms with van der Waals surface area (Å²) < 4.78 is 34.1. The van der Waals surface area contributed by atoms with Crippen molar-refractivity contribution in [3.05, 3.63) is 97.2 Å². The molecule has 0 aromatic heterocycles. The third-order valence-corrected chi connectivity index (χ3v) is 10.4. The molecule has 0 radical (unpaired) electrons. The lowest BCUT2D eigenvalue weighted by atomic mass is 9.85. The number of carbonyl (C=O) groups is 1. The van der Waals surface area contributed by atoms with Crippen molar-refractivity contribution >= 4 is 13.8 Å². The summed E-state index contributed by atoms with van der Waals surface area (Å²) in [4.78, 5) is 23.1. The summed E-state index contributed by atoms with van der Waals surface area (Å²) in [5, 5.41) is 50.1. The van der Waals surface area contributed by atoms with Crippen LogP contribution in [-0.4, -0.2) is 98.9 Å². The molecule has 1 fully saturated rings. The normalized spacial score (nSPS) is 23.3. The van der Waals surface area contributed by atoms with Gasteiger partial charge in [-0.1, -0.05) is 130 Å². The third kappa shape index (κ3) is 28.7. The number of phosphoric ester groups is 1. The molecule has 6 atom stereocenters. The number of hydrogen-bond acceptors (Lipinski definition) is 11. The predicted molar refractivity (Wildman–Crippen MR) is 239 cm³/mol. The number of allylic oxidation sites excluding steroid dienone is 16. The van der Waals surface area contributed by atoms with Crippen LogP contribution in [0.4, 0.5) is 0 Å². The molecule has 13 heteroatoms. The van der Waals surface area contributed by atoms with Gasteiger partial charge in [0.2, 0.25) is 0 Å². The lowest BCUT2D eigenvalue weighted by Gasteiger charge is -2.41. The molecule has 6 unspecified atom stereocenters. The molecule has 0 amide bonds. The second-order valence-corrected chi connectivity index (χ2v) is 16.2. The highest BCUT2D eigenvalue weighted by atomic mass is 31.2. The molecular formula is C47H77O12P. The minimum Gasteiger partial charge on any atom is -0.457 e. The van der Waals surface area contributed by atoms with Crippen molar-refractivity contribution in [1.29, 1.82) is 0 Å². The Kier molecular flexibility index (Phi) is 34.0. The second-order valence-electron chi connectivity index (χ2n) is 14.8. The van der Waals surface area contributed by atoms with Crippen LogP contribution in [0, 0.1) is 0 Å². The fourth-order valence-electron chi connectivity index (χ4n) is 5.98. The van der Waals surface area contributed by atoms with Crippen LogP contribution in [0.3, 0.4) is 0 Å². The molecule has 6 N–H and O–H groups in total. The summed E-state index contributed by atoms with van der Waals surface area (Å²) in [6, 6.07) is 0. The van der Waals surface area contributed by atoms with Gasteiger partial charge in [-0.25, -0.2) is 4.57 Å². The van der Waals surface area contributed by atoms with Crippen molar-refractivity contribution in [2.24, 2.45) is 0 Å². The molecule has 342 valence electrons. The van der Waals surface area contributed by atoms with Crippen molar-refractivity contribution in [2.45, 2.75) is 172 Å². The SMILES string of the molecule is CC/C=C\C/C=C\C/C=C\C/C=C\CCCCCCC(=O)OC(COCCCCC/C=C\C/C=C\C/C=C\C/C=C\CC)COP(=O)(O)OC1C(O)C(O)C(O)C(O)C1O. The van der Waals surface area contributed by atoms with Crippen molar-refractivity contribution in [3.63, 3.8) is 0 Å². The summed E-state index contributed by atoms with van der Waals surface area (Å²) in [6.07, 6.45) is 37.6. The van der Waals surface area contributed by atoms with Crippen LogP contribution in [0.2, 0.25) is 0 Å². The number of rotatable bonds is 35. The summed E-state index contributed by atoms with van der Waals surface area (Å²) in [7, 11) is -5.04. The van der Waals surface area contributed by atoms with Crippen LogP contribution in [0.5, 0.6) is 0 Å². The molecule has 0 aromatic carbocycles. The summed E-state index contributed by atoms with van der Waals surface area (Å²) in [6.45, 7) is 3.90. The predicted octanol–water partition coefficient (Wildman–Crippen LogP) is 8.75. The van der Waals surface area contributed by atoms with E-state index >= 15 is 0 Å². The molecule has 0 aliphatic heterocycles. The summed E-state index contributed by atoms with van der Waals surface area (Å²) in [5.41, 5.74) is 0. The van der Waals surface area contributed by atoms with Gasteiger partial charge < -0.3 is 39.9 Å². The number of hydrogen-bond donors (Lipinski definition) is 6. The van der Waals surface area contributed by atoms with Crippen molar-refractivity contribution in [2.75, 3.05) is 19.8 Å². The summed E-state index contributed by atoms with van der Waals surface area (Å²) >= 11 is 0. The molecule has 0 spiro atoms. The van der Waals surface area contributed by atoms with Gasteiger partial charge in [0, 0.05) is 13.0 Å². The van der Waals surface area contributed by atoms with Gasteiger partial charge in [-0.3, -0.25) is 13.8 Å². The zero-order valence-electron chi connectivity index (χ0n) is 36.2. The Hall–Kier alpha value is -2.74. The molecule has 1 aliphatic carbocycles. The van der Waals surface area contributed by atoms with Gasteiger partial charge >= 0.3 is 13.8 Å². The van der Waals surface area contributed by atoms with Crippen molar-refractivity contribution in [3.8, 4) is 0 Å². The fraction of sp³-hybridized carbons (Fsp3) is 0.638. The number of aliphatic hydroxyl groups is 5. The van der Waals surface area contributed by atoms with E-state index in [4.69, 9.17) is 18.5 Å². The van der Waals surface area contributed by atoms with E-state index < -0.39 is 63.1 Å². The van der Waals surface area contributed by atoms with Gasteiger partial charge in [-0.2, -0.15) is 0 Å². The van der Waals surface area contributed by atoms with Gasteiger partial charge in [-0.05, 0) is 89.9 Å². The number of aliphatic hydroxyl groups excluding tert-OH is 5. The highest BCUT2D eigenvalue weighted by Gasteiger charge is 2.51. The average molecular weight is 865 g/mol. The zero-order valence-corrected chi connectivity index (χ0v) is 37.1. The standard InChI is InChI=1S/C47H77O12P/c1-3-5-7-9-11-13-15-17-19-21-22-24-26-28-30-32-34-36-41(48)58-40(39-57-60(54,55)59-47-45(52)43(50)42(49)44(51)46(47)53)38-56-37-35-33-31-29-27-25-23-20-18-16-14-12-10-8-6-4-2/h5-8,11-14,17-20,22,24-25,27,40,42-47,49-53H,3-4,9-10,15-16,21,23,26,28-39H2,1-2H3,(H,54,55)/b7-5-,8-6-,13-11-,14-12-,19-17-,20-18-,24-22-,27-25-. The van der Waals surface area contributed by atoms with Crippen LogP contribution < -0.4 is 0 Å². The minimum absolute atomic E-state index is 0.115. The van der Waals surface area contributed by atoms with E-state index in [0.717, 1.165) is 103 Å². The topological polar surface area (TPSA) is 192 Å². The first kappa shape index (κ1) is 55.3. The van der Waals surface area contributed by atoms with Gasteiger partial charge in [0.05, 0.1) is 13.2 Å². The molecule has 0 bridgehead atoms. The molecule has 12 nitrogen and oxygen atoms in total. The Balaban J connectivity index is 2.48. The van der Waals surface area contributed by atoms with Crippen LogP contribution in [0.25, 0.3) is 0 Å². The lowest BCUT2D eigenvalue weighted by molar-refractivity contribution is -0.220. The Morgan fingerprint density at radius 3 is 1.40 bits per heavy atom. The number of unbranched alkanes of at least 4 members (excludes halogenated alkanes) is 7.